The number of hydrogen-bond donors (Lipinski definition) is 2. The molecule has 25 heavy (non-hydrogen) atoms. The summed E-state index contributed by atoms with van der Waals surface area (Å²) in [7, 11) is -4.69. The number of alkyl halides is 6. The van der Waals surface area contributed by atoms with Gasteiger partial charge in [0.1, 0.15) is 4.21 Å². The second kappa shape index (κ2) is 6.74. The second-order valence-corrected chi connectivity index (χ2v) is 8.10. The van der Waals surface area contributed by atoms with Gasteiger partial charge in [-0.15, -0.1) is 11.3 Å². The number of halogens is 6. The van der Waals surface area contributed by atoms with Crippen molar-refractivity contribution >= 4 is 31.4 Å². The Balaban J connectivity index is 2.38. The lowest BCUT2D eigenvalue weighted by molar-refractivity contribution is -0.292. The van der Waals surface area contributed by atoms with Crippen LogP contribution in [0.4, 0.5) is 26.3 Å². The maximum atomic E-state index is 12.7. The molecule has 0 saturated heterocycles. The Morgan fingerprint density at radius 1 is 1.08 bits per heavy atom. The van der Waals surface area contributed by atoms with Crippen molar-refractivity contribution in [3.05, 3.63) is 30.3 Å². The number of thiophene rings is 1. The van der Waals surface area contributed by atoms with Crippen LogP contribution in [0.5, 0.6) is 0 Å². The first-order valence-corrected chi connectivity index (χ1v) is 8.91. The van der Waals surface area contributed by atoms with Crippen LogP contribution < -0.4 is 4.72 Å². The summed E-state index contributed by atoms with van der Waals surface area (Å²) in [5, 5.41) is 9.42. The lowest BCUT2D eigenvalue weighted by atomic mass is 10.00. The van der Waals surface area contributed by atoms with Crippen LogP contribution in [0.15, 0.2) is 34.5 Å². The van der Waals surface area contributed by atoms with Gasteiger partial charge in [-0.2, -0.15) is 26.3 Å². The first-order valence-electron chi connectivity index (χ1n) is 6.61. The first kappa shape index (κ1) is 19.9. The van der Waals surface area contributed by atoms with Gasteiger partial charge in [0.05, 0.1) is 12.6 Å². The molecule has 2 N–H and O–H groups in total. The van der Waals surface area contributed by atoms with Crippen molar-refractivity contribution < 1.29 is 39.9 Å². The molecule has 0 saturated carbocycles. The molecular formula is C13H11F6NO3S2. The third kappa shape index (κ3) is 4.43. The molecule has 0 aliphatic heterocycles. The minimum atomic E-state index is -5.78. The highest BCUT2D eigenvalue weighted by atomic mass is 32.2. The fourth-order valence-corrected chi connectivity index (χ4v) is 4.85. The van der Waals surface area contributed by atoms with Gasteiger partial charge >= 0.3 is 12.4 Å². The molecule has 12 heteroatoms. The normalized spacial score (nSPS) is 15.0. The number of rotatable bonds is 5. The van der Waals surface area contributed by atoms with Crippen LogP contribution in [0.25, 0.3) is 10.1 Å². The molecule has 140 valence electrons. The average Bonchev–Trinajstić information content (AvgIpc) is 2.88. The predicted molar refractivity (Wildman–Crippen MR) is 78.6 cm³/mol. The number of aliphatic hydroxyl groups excluding tert-OH is 1. The molecule has 0 fully saturated rings. The van der Waals surface area contributed by atoms with Gasteiger partial charge in [0.25, 0.3) is 0 Å². The largest absolute Gasteiger partial charge is 0.402 e. The second-order valence-electron chi connectivity index (χ2n) is 5.07. The summed E-state index contributed by atoms with van der Waals surface area (Å²) < 4.78 is 102. The molecule has 1 aromatic heterocycles. The van der Waals surface area contributed by atoms with Gasteiger partial charge in [0, 0.05) is 4.70 Å². The fraction of sp³-hybridized carbons (Fsp3) is 0.385. The van der Waals surface area contributed by atoms with E-state index in [0.29, 0.717) is 21.4 Å². The third-order valence-corrected chi connectivity index (χ3v) is 6.36. The molecule has 1 heterocycles. The van der Waals surface area contributed by atoms with Crippen molar-refractivity contribution in [3.63, 3.8) is 0 Å². The Labute approximate surface area is 142 Å². The van der Waals surface area contributed by atoms with E-state index < -0.39 is 45.2 Å². The van der Waals surface area contributed by atoms with Crippen molar-refractivity contribution in [1.82, 2.24) is 4.72 Å². The van der Waals surface area contributed by atoms with Gasteiger partial charge < -0.3 is 5.11 Å². The number of fused-ring (bicyclic) bond motifs is 1. The van der Waals surface area contributed by atoms with E-state index in [0.717, 1.165) is 6.07 Å². The molecule has 0 aliphatic rings. The smallest absolute Gasteiger partial charge is 0.395 e. The average molecular weight is 407 g/mol. The van der Waals surface area contributed by atoms with Crippen LogP contribution >= 0.6 is 11.3 Å². The molecule has 0 radical (unpaired) electrons. The topological polar surface area (TPSA) is 66.4 Å². The van der Waals surface area contributed by atoms with Gasteiger partial charge in [-0.3, -0.25) is 0 Å². The number of nitrogens with one attached hydrogen (secondary N) is 1. The summed E-state index contributed by atoms with van der Waals surface area (Å²) in [6.45, 7) is -1.67. The molecule has 2 rings (SSSR count). The highest BCUT2D eigenvalue weighted by molar-refractivity contribution is 7.91. The van der Waals surface area contributed by atoms with Crippen molar-refractivity contribution in [3.8, 4) is 0 Å². The predicted octanol–water partition coefficient (Wildman–Crippen LogP) is 3.28. The van der Waals surface area contributed by atoms with E-state index in [-0.39, 0.29) is 0 Å². The van der Waals surface area contributed by atoms with E-state index in [1.807, 2.05) is 0 Å². The maximum Gasteiger partial charge on any atom is 0.402 e. The fourth-order valence-electron chi connectivity index (χ4n) is 2.20. The number of benzene rings is 1. The highest BCUT2D eigenvalue weighted by Crippen LogP contribution is 2.42. The van der Waals surface area contributed by atoms with Crippen molar-refractivity contribution in [2.24, 2.45) is 5.92 Å². The first-order chi connectivity index (χ1) is 11.4. The molecule has 0 amide bonds. The summed E-state index contributed by atoms with van der Waals surface area (Å²) in [6, 6.07) is 4.63. The summed E-state index contributed by atoms with van der Waals surface area (Å²) >= 11 is 0.689. The van der Waals surface area contributed by atoms with Gasteiger partial charge in [-0.25, -0.2) is 13.1 Å². The van der Waals surface area contributed by atoms with E-state index in [1.165, 1.54) is 4.72 Å². The summed E-state index contributed by atoms with van der Waals surface area (Å²) in [5.74, 6) is -4.03. The Hall–Kier alpha value is -1.37. The van der Waals surface area contributed by atoms with Crippen LogP contribution in [0.2, 0.25) is 0 Å². The molecular weight excluding hydrogens is 396 g/mol. The molecule has 4 nitrogen and oxygen atoms in total. The molecule has 1 aromatic carbocycles. The molecule has 1 unspecified atom stereocenters. The molecule has 1 atom stereocenters. The maximum absolute atomic E-state index is 12.7. The van der Waals surface area contributed by atoms with Crippen molar-refractivity contribution in [2.45, 2.75) is 22.6 Å². The lowest BCUT2D eigenvalue weighted by Crippen LogP contribution is -2.54. The Kier molecular flexibility index (Phi) is 5.38. The zero-order valence-corrected chi connectivity index (χ0v) is 13.7. The molecule has 0 spiro atoms. The molecule has 0 aliphatic carbocycles. The van der Waals surface area contributed by atoms with Gasteiger partial charge in [0.2, 0.25) is 10.0 Å². The van der Waals surface area contributed by atoms with Crippen LogP contribution in [0.3, 0.4) is 0 Å². The number of sulfonamides is 1. The van der Waals surface area contributed by atoms with Crippen molar-refractivity contribution in [2.75, 3.05) is 6.61 Å². The van der Waals surface area contributed by atoms with Crippen LogP contribution in [0.1, 0.15) is 0 Å². The Morgan fingerprint density at radius 2 is 1.64 bits per heavy atom. The van der Waals surface area contributed by atoms with Gasteiger partial charge in [-0.1, -0.05) is 18.2 Å². The van der Waals surface area contributed by atoms with Gasteiger partial charge in [0.15, 0.2) is 5.92 Å². The number of hydrogen-bond acceptors (Lipinski definition) is 4. The summed E-state index contributed by atoms with van der Waals surface area (Å²) in [4.78, 5) is 0. The minimum absolute atomic E-state index is 0.449. The quantitative estimate of drug-likeness (QED) is 0.748. The van der Waals surface area contributed by atoms with E-state index in [9.17, 15) is 34.8 Å². The monoisotopic (exact) mass is 407 g/mol. The van der Waals surface area contributed by atoms with E-state index in [2.05, 4.69) is 0 Å². The third-order valence-electron chi connectivity index (χ3n) is 3.28. The number of aliphatic hydroxyl groups is 1. The van der Waals surface area contributed by atoms with Crippen LogP contribution in [-0.4, -0.2) is 38.5 Å². The molecule has 0 bridgehead atoms. The standard InChI is InChI=1S/C13H11F6NO3S2/c14-12(15,16)11(13(17,18)19)8(6-21)20-25(22,23)10-5-7-3-1-2-4-9(7)24-10/h1-5,8,11,20-21H,6H2. The lowest BCUT2D eigenvalue weighted by Gasteiger charge is -2.29. The Bertz CT molecular complexity index is 796. The van der Waals surface area contributed by atoms with Crippen molar-refractivity contribution in [1.29, 1.82) is 0 Å². The van der Waals surface area contributed by atoms with Gasteiger partial charge in [-0.05, 0) is 17.5 Å². The highest BCUT2D eigenvalue weighted by Gasteiger charge is 2.60. The zero-order valence-electron chi connectivity index (χ0n) is 12.1. The SMILES string of the molecule is O=S(=O)(NC(CO)C(C(F)(F)F)C(F)(F)F)c1cc2ccccc2s1. The minimum Gasteiger partial charge on any atom is -0.395 e. The summed E-state index contributed by atoms with van der Waals surface area (Å²) in [5.41, 5.74) is 0. The molecule has 2 aromatic rings. The zero-order chi connectivity index (χ0) is 19.0. The van der Waals surface area contributed by atoms with E-state index in [1.54, 1.807) is 24.3 Å². The van der Waals surface area contributed by atoms with Crippen LogP contribution in [-0.2, 0) is 10.0 Å². The van der Waals surface area contributed by atoms with E-state index >= 15 is 0 Å². The van der Waals surface area contributed by atoms with Crippen LogP contribution in [0, 0.1) is 5.92 Å². The Morgan fingerprint density at radius 3 is 2.12 bits per heavy atom. The summed E-state index contributed by atoms with van der Waals surface area (Å²) in [6.07, 6.45) is -11.6. The van der Waals surface area contributed by atoms with E-state index in [4.69, 9.17) is 5.11 Å².